The lowest BCUT2D eigenvalue weighted by Crippen LogP contribution is -2.25. The van der Waals surface area contributed by atoms with Gasteiger partial charge in [0.15, 0.2) is 0 Å². The van der Waals surface area contributed by atoms with Gasteiger partial charge in [0.25, 0.3) is 5.91 Å². The lowest BCUT2D eigenvalue weighted by molar-refractivity contribution is 0.0789. The lowest BCUT2D eigenvalue weighted by Gasteiger charge is -2.17. The molecule has 0 atom stereocenters. The highest BCUT2D eigenvalue weighted by atomic mass is 32.1. The number of hydrogen-bond donors (Lipinski definition) is 0. The van der Waals surface area contributed by atoms with Crippen LogP contribution in [-0.4, -0.2) is 34.9 Å². The molecule has 31 heavy (non-hydrogen) atoms. The Labute approximate surface area is 185 Å². The number of aromatic nitrogens is 2. The van der Waals surface area contributed by atoms with Gasteiger partial charge < -0.3 is 9.64 Å². The van der Waals surface area contributed by atoms with Gasteiger partial charge in [-0.25, -0.2) is 9.97 Å². The lowest BCUT2D eigenvalue weighted by atomic mass is 10.1. The standard InChI is InChI=1S/C25H25N3O2S/c1-14-21-15(2)26-23(17-7-8-17)27-24(21)31-22(14)25(29)28(3)13-16-5-6-19-12-20(30-4)10-9-18(19)11-16/h5-6,9-12,17H,7-8,13H2,1-4H3. The van der Waals surface area contributed by atoms with Crippen molar-refractivity contribution in [3.8, 4) is 5.75 Å². The molecule has 5 rings (SSSR count). The van der Waals surface area contributed by atoms with E-state index in [2.05, 4.69) is 24.3 Å². The first-order valence-electron chi connectivity index (χ1n) is 10.5. The van der Waals surface area contributed by atoms with Crippen molar-refractivity contribution >= 4 is 38.2 Å². The fourth-order valence-electron chi connectivity index (χ4n) is 4.11. The Kier molecular flexibility index (Phi) is 4.89. The maximum atomic E-state index is 13.3. The van der Waals surface area contributed by atoms with Gasteiger partial charge in [-0.15, -0.1) is 11.3 Å². The van der Waals surface area contributed by atoms with Crippen molar-refractivity contribution in [3.05, 3.63) is 63.9 Å². The van der Waals surface area contributed by atoms with Crippen LogP contribution in [-0.2, 0) is 6.54 Å². The number of carbonyl (C=O) groups is 1. The van der Waals surface area contributed by atoms with Gasteiger partial charge >= 0.3 is 0 Å². The van der Waals surface area contributed by atoms with E-state index in [-0.39, 0.29) is 5.91 Å². The first kappa shape index (κ1) is 19.9. The van der Waals surface area contributed by atoms with Gasteiger partial charge in [0.1, 0.15) is 16.4 Å². The molecule has 1 saturated carbocycles. The number of fused-ring (bicyclic) bond motifs is 2. The van der Waals surface area contributed by atoms with Crippen LogP contribution < -0.4 is 4.74 Å². The number of ether oxygens (including phenoxy) is 1. The summed E-state index contributed by atoms with van der Waals surface area (Å²) < 4.78 is 5.30. The van der Waals surface area contributed by atoms with E-state index in [1.54, 1.807) is 12.0 Å². The summed E-state index contributed by atoms with van der Waals surface area (Å²) in [4.78, 5) is 26.3. The van der Waals surface area contributed by atoms with E-state index in [9.17, 15) is 4.79 Å². The van der Waals surface area contributed by atoms with E-state index >= 15 is 0 Å². The molecule has 4 aromatic rings. The number of benzene rings is 2. The molecule has 2 aromatic heterocycles. The van der Waals surface area contributed by atoms with E-state index in [0.29, 0.717) is 12.5 Å². The summed E-state index contributed by atoms with van der Waals surface area (Å²) in [5, 5.41) is 3.29. The Morgan fingerprint density at radius 2 is 1.87 bits per heavy atom. The molecular weight excluding hydrogens is 406 g/mol. The van der Waals surface area contributed by atoms with Gasteiger partial charge in [0.05, 0.1) is 17.7 Å². The normalized spacial score (nSPS) is 13.7. The highest BCUT2D eigenvalue weighted by Crippen LogP contribution is 2.40. The largest absolute Gasteiger partial charge is 0.497 e. The van der Waals surface area contributed by atoms with Crippen molar-refractivity contribution in [2.24, 2.45) is 0 Å². The monoisotopic (exact) mass is 431 g/mol. The average Bonchev–Trinajstić information content (AvgIpc) is 3.56. The second kappa shape index (κ2) is 7.61. The molecule has 1 aliphatic rings. The summed E-state index contributed by atoms with van der Waals surface area (Å²) in [5.41, 5.74) is 3.06. The number of hydrogen-bond acceptors (Lipinski definition) is 5. The summed E-state index contributed by atoms with van der Waals surface area (Å²) in [6.45, 7) is 4.58. The fraction of sp³-hybridized carbons (Fsp3) is 0.320. The summed E-state index contributed by atoms with van der Waals surface area (Å²) in [6, 6.07) is 12.3. The molecule has 0 saturated heterocycles. The zero-order valence-electron chi connectivity index (χ0n) is 18.2. The maximum absolute atomic E-state index is 13.3. The number of carbonyl (C=O) groups excluding carboxylic acids is 1. The smallest absolute Gasteiger partial charge is 0.264 e. The van der Waals surface area contributed by atoms with Crippen LogP contribution >= 0.6 is 11.3 Å². The molecular formula is C25H25N3O2S. The van der Waals surface area contributed by atoms with E-state index in [1.807, 2.05) is 33.0 Å². The van der Waals surface area contributed by atoms with Gasteiger partial charge in [0.2, 0.25) is 0 Å². The third-order valence-electron chi connectivity index (χ3n) is 6.00. The second-order valence-corrected chi connectivity index (χ2v) is 9.39. The quantitative estimate of drug-likeness (QED) is 0.412. The first-order chi connectivity index (χ1) is 14.9. The van der Waals surface area contributed by atoms with Gasteiger partial charge in [0, 0.05) is 24.9 Å². The number of thiophene rings is 1. The first-order valence-corrected chi connectivity index (χ1v) is 11.4. The molecule has 2 heterocycles. The zero-order valence-corrected chi connectivity index (χ0v) is 19.0. The van der Waals surface area contributed by atoms with Crippen molar-refractivity contribution in [2.45, 2.75) is 39.2 Å². The molecule has 0 radical (unpaired) electrons. The number of rotatable bonds is 5. The molecule has 1 fully saturated rings. The maximum Gasteiger partial charge on any atom is 0.264 e. The van der Waals surface area contributed by atoms with E-state index in [4.69, 9.17) is 14.7 Å². The third kappa shape index (κ3) is 3.65. The van der Waals surface area contributed by atoms with Crippen LogP contribution in [0, 0.1) is 13.8 Å². The second-order valence-electron chi connectivity index (χ2n) is 8.39. The number of amides is 1. The Bertz CT molecular complexity index is 1320. The van der Waals surface area contributed by atoms with Gasteiger partial charge in [-0.05, 0) is 66.8 Å². The fourth-order valence-corrected chi connectivity index (χ4v) is 5.34. The van der Waals surface area contributed by atoms with Crippen molar-refractivity contribution in [2.75, 3.05) is 14.2 Å². The van der Waals surface area contributed by atoms with Crippen LogP contribution in [0.25, 0.3) is 21.0 Å². The Hall–Kier alpha value is -2.99. The molecule has 1 amide bonds. The Morgan fingerprint density at radius 3 is 2.61 bits per heavy atom. The molecule has 2 aromatic carbocycles. The molecule has 0 spiro atoms. The number of aryl methyl sites for hydroxylation is 2. The Morgan fingerprint density at radius 1 is 1.13 bits per heavy atom. The van der Waals surface area contributed by atoms with Crippen molar-refractivity contribution in [1.29, 1.82) is 0 Å². The Balaban J connectivity index is 1.42. The molecule has 0 N–H and O–H groups in total. The molecule has 6 heteroatoms. The summed E-state index contributed by atoms with van der Waals surface area (Å²) >= 11 is 1.49. The molecule has 1 aliphatic carbocycles. The molecule has 5 nitrogen and oxygen atoms in total. The third-order valence-corrected chi connectivity index (χ3v) is 7.18. The summed E-state index contributed by atoms with van der Waals surface area (Å²) in [7, 11) is 3.53. The average molecular weight is 432 g/mol. The van der Waals surface area contributed by atoms with Crippen molar-refractivity contribution in [3.63, 3.8) is 0 Å². The van der Waals surface area contributed by atoms with Crippen LogP contribution in [0.15, 0.2) is 36.4 Å². The van der Waals surface area contributed by atoms with Gasteiger partial charge in [-0.3, -0.25) is 4.79 Å². The van der Waals surface area contributed by atoms with Crippen LogP contribution in [0.5, 0.6) is 5.75 Å². The van der Waals surface area contributed by atoms with E-state index in [1.165, 1.54) is 24.2 Å². The zero-order chi connectivity index (χ0) is 21.7. The summed E-state index contributed by atoms with van der Waals surface area (Å²) in [5.74, 6) is 2.31. The molecule has 0 bridgehead atoms. The molecule has 158 valence electrons. The predicted molar refractivity (Wildman–Crippen MR) is 125 cm³/mol. The van der Waals surface area contributed by atoms with Crippen molar-refractivity contribution < 1.29 is 9.53 Å². The van der Waals surface area contributed by atoms with E-state index in [0.717, 1.165) is 54.3 Å². The summed E-state index contributed by atoms with van der Waals surface area (Å²) in [6.07, 6.45) is 2.34. The van der Waals surface area contributed by atoms with Crippen LogP contribution in [0.2, 0.25) is 0 Å². The van der Waals surface area contributed by atoms with Gasteiger partial charge in [-0.1, -0.05) is 18.2 Å². The SMILES string of the molecule is COc1ccc2cc(CN(C)C(=O)c3sc4nc(C5CC5)nc(C)c4c3C)ccc2c1. The minimum absolute atomic E-state index is 0.0303. The minimum Gasteiger partial charge on any atom is -0.497 e. The molecule has 0 aliphatic heterocycles. The highest BCUT2D eigenvalue weighted by Gasteiger charge is 2.29. The van der Waals surface area contributed by atoms with E-state index < -0.39 is 0 Å². The minimum atomic E-state index is 0.0303. The van der Waals surface area contributed by atoms with Gasteiger partial charge in [-0.2, -0.15) is 0 Å². The van der Waals surface area contributed by atoms with Crippen LogP contribution in [0.1, 0.15) is 51.1 Å². The van der Waals surface area contributed by atoms with Crippen LogP contribution in [0.3, 0.4) is 0 Å². The highest BCUT2D eigenvalue weighted by molar-refractivity contribution is 7.20. The van der Waals surface area contributed by atoms with Crippen LogP contribution in [0.4, 0.5) is 0 Å². The van der Waals surface area contributed by atoms with Crippen molar-refractivity contribution in [1.82, 2.24) is 14.9 Å². The predicted octanol–water partition coefficient (Wildman–Crippen LogP) is 5.62. The number of methoxy groups -OCH3 is 1. The number of nitrogens with zero attached hydrogens (tertiary/aromatic N) is 3. The molecule has 0 unspecified atom stereocenters. The topological polar surface area (TPSA) is 55.3 Å².